The van der Waals surface area contributed by atoms with Gasteiger partial charge in [-0.2, -0.15) is 0 Å². The lowest BCUT2D eigenvalue weighted by atomic mass is 10.00. The van der Waals surface area contributed by atoms with Gasteiger partial charge in [0.1, 0.15) is 0 Å². The molecule has 0 saturated carbocycles. The molecular weight excluding hydrogens is 328 g/mol. The fraction of sp³-hybridized carbons (Fsp3) is 0.647. The predicted octanol–water partition coefficient (Wildman–Crippen LogP) is 2.07. The molecule has 3 heterocycles. The molecule has 0 aliphatic carbocycles. The quantitative estimate of drug-likeness (QED) is 0.881. The second kappa shape index (κ2) is 8.09. The monoisotopic (exact) mass is 352 g/mol. The molecule has 2 amide bonds. The first-order valence-corrected chi connectivity index (χ1v) is 9.36. The first-order chi connectivity index (χ1) is 11.6. The van der Waals surface area contributed by atoms with Gasteiger partial charge >= 0.3 is 0 Å². The molecule has 2 aliphatic rings. The van der Waals surface area contributed by atoms with E-state index in [1.807, 2.05) is 22.4 Å². The molecule has 0 bridgehead atoms. The van der Waals surface area contributed by atoms with Crippen LogP contribution < -0.4 is 5.32 Å². The summed E-state index contributed by atoms with van der Waals surface area (Å²) in [6.45, 7) is 3.39. The molecule has 6 nitrogen and oxygen atoms in total. The van der Waals surface area contributed by atoms with E-state index in [4.69, 9.17) is 9.47 Å². The molecule has 1 aromatic heterocycles. The van der Waals surface area contributed by atoms with Gasteiger partial charge in [-0.25, -0.2) is 0 Å². The number of amides is 2. The molecule has 3 rings (SSSR count). The van der Waals surface area contributed by atoms with Crippen molar-refractivity contribution in [2.24, 2.45) is 0 Å². The smallest absolute Gasteiger partial charge is 0.225 e. The Bertz CT molecular complexity index is 557. The average molecular weight is 352 g/mol. The van der Waals surface area contributed by atoms with E-state index in [2.05, 4.69) is 5.32 Å². The molecule has 0 spiro atoms. The Labute approximate surface area is 146 Å². The normalized spacial score (nSPS) is 23.2. The second-order valence-corrected chi connectivity index (χ2v) is 7.21. The zero-order valence-corrected chi connectivity index (χ0v) is 14.7. The van der Waals surface area contributed by atoms with Crippen molar-refractivity contribution in [3.05, 3.63) is 22.4 Å². The first kappa shape index (κ1) is 17.4. The summed E-state index contributed by atoms with van der Waals surface area (Å²) in [4.78, 5) is 27.3. The summed E-state index contributed by atoms with van der Waals surface area (Å²) in [7, 11) is 0. The van der Waals surface area contributed by atoms with E-state index in [0.29, 0.717) is 13.2 Å². The molecule has 1 N–H and O–H groups in total. The minimum Gasteiger partial charge on any atom is -0.348 e. The van der Waals surface area contributed by atoms with Crippen LogP contribution in [0.15, 0.2) is 17.5 Å². The summed E-state index contributed by atoms with van der Waals surface area (Å²) >= 11 is 1.55. The van der Waals surface area contributed by atoms with Crippen molar-refractivity contribution in [3.63, 3.8) is 0 Å². The van der Waals surface area contributed by atoms with E-state index >= 15 is 0 Å². The van der Waals surface area contributed by atoms with Crippen LogP contribution in [0.5, 0.6) is 0 Å². The van der Waals surface area contributed by atoms with Crippen molar-refractivity contribution in [2.45, 2.75) is 51.0 Å². The fourth-order valence-electron chi connectivity index (χ4n) is 3.40. The Morgan fingerprint density at radius 1 is 1.38 bits per heavy atom. The van der Waals surface area contributed by atoms with Crippen molar-refractivity contribution in [1.82, 2.24) is 10.2 Å². The standard InChI is InChI=1S/C17H24N2O4S/c1-12(20)18-13(15-6-4-10-24-15)11-16(21)19-7-3-2-5-14(19)17-22-8-9-23-17/h4,6,10,13-14,17H,2-3,5,7-9,11H2,1H3,(H,18,20). The van der Waals surface area contributed by atoms with Crippen LogP contribution in [0.2, 0.25) is 0 Å². The molecule has 0 radical (unpaired) electrons. The fourth-order valence-corrected chi connectivity index (χ4v) is 4.18. The highest BCUT2D eigenvalue weighted by Gasteiger charge is 2.36. The highest BCUT2D eigenvalue weighted by molar-refractivity contribution is 7.10. The number of carbonyl (C=O) groups is 2. The first-order valence-electron chi connectivity index (χ1n) is 8.48. The summed E-state index contributed by atoms with van der Waals surface area (Å²) in [6, 6.07) is 3.59. The van der Waals surface area contributed by atoms with Gasteiger partial charge in [-0.1, -0.05) is 6.07 Å². The second-order valence-electron chi connectivity index (χ2n) is 6.23. The van der Waals surface area contributed by atoms with E-state index in [1.54, 1.807) is 11.3 Å². The van der Waals surface area contributed by atoms with Gasteiger partial charge in [0, 0.05) is 18.3 Å². The SMILES string of the molecule is CC(=O)NC(CC(=O)N1CCCCC1C1OCCO1)c1cccs1. The van der Waals surface area contributed by atoms with E-state index < -0.39 is 0 Å². The van der Waals surface area contributed by atoms with E-state index in [9.17, 15) is 9.59 Å². The number of hydrogen-bond acceptors (Lipinski definition) is 5. The van der Waals surface area contributed by atoms with Gasteiger partial charge in [-0.3, -0.25) is 9.59 Å². The number of nitrogens with one attached hydrogen (secondary N) is 1. The van der Waals surface area contributed by atoms with Crippen LogP contribution in [0.4, 0.5) is 0 Å². The summed E-state index contributed by atoms with van der Waals surface area (Å²) in [6.07, 6.45) is 2.94. The minimum absolute atomic E-state index is 0.0185. The van der Waals surface area contributed by atoms with Gasteiger partial charge in [0.2, 0.25) is 11.8 Å². The molecule has 1 aromatic rings. The van der Waals surface area contributed by atoms with Crippen LogP contribution in [-0.2, 0) is 19.1 Å². The number of nitrogens with zero attached hydrogens (tertiary/aromatic N) is 1. The lowest BCUT2D eigenvalue weighted by Gasteiger charge is -2.38. The van der Waals surface area contributed by atoms with Crippen LogP contribution in [0.25, 0.3) is 0 Å². The topological polar surface area (TPSA) is 67.9 Å². The Morgan fingerprint density at radius 3 is 2.83 bits per heavy atom. The van der Waals surface area contributed by atoms with Crippen LogP contribution in [0, 0.1) is 0 Å². The molecular formula is C17H24N2O4S. The van der Waals surface area contributed by atoms with Gasteiger partial charge < -0.3 is 19.7 Å². The zero-order valence-electron chi connectivity index (χ0n) is 13.9. The predicted molar refractivity (Wildman–Crippen MR) is 90.5 cm³/mol. The molecule has 7 heteroatoms. The maximum atomic E-state index is 12.9. The number of piperidine rings is 1. The van der Waals surface area contributed by atoms with Gasteiger partial charge in [0.05, 0.1) is 31.7 Å². The maximum Gasteiger partial charge on any atom is 0.225 e. The number of rotatable bonds is 5. The van der Waals surface area contributed by atoms with Crippen molar-refractivity contribution in [1.29, 1.82) is 0 Å². The highest BCUT2D eigenvalue weighted by atomic mass is 32.1. The third-order valence-electron chi connectivity index (χ3n) is 4.47. The van der Waals surface area contributed by atoms with Crippen LogP contribution in [-0.4, -0.2) is 48.8 Å². The summed E-state index contributed by atoms with van der Waals surface area (Å²) < 4.78 is 11.3. The Kier molecular flexibility index (Phi) is 5.86. The molecule has 132 valence electrons. The number of likely N-dealkylation sites (tertiary alicyclic amines) is 1. The van der Waals surface area contributed by atoms with Crippen molar-refractivity contribution in [2.75, 3.05) is 19.8 Å². The summed E-state index contributed by atoms with van der Waals surface area (Å²) in [5.41, 5.74) is 0. The number of hydrogen-bond donors (Lipinski definition) is 1. The third-order valence-corrected chi connectivity index (χ3v) is 5.46. The summed E-state index contributed by atoms with van der Waals surface area (Å²) in [5.74, 6) is -0.0789. The molecule has 2 aliphatic heterocycles. The molecule has 2 unspecified atom stereocenters. The Hall–Kier alpha value is -1.44. The molecule has 2 saturated heterocycles. The number of ether oxygens (including phenoxy) is 2. The highest BCUT2D eigenvalue weighted by Crippen LogP contribution is 2.28. The van der Waals surface area contributed by atoms with Gasteiger partial charge in [0.15, 0.2) is 6.29 Å². The minimum atomic E-state index is -0.310. The zero-order chi connectivity index (χ0) is 16.9. The summed E-state index contributed by atoms with van der Waals surface area (Å²) in [5, 5.41) is 4.86. The molecule has 2 atom stereocenters. The van der Waals surface area contributed by atoms with Crippen molar-refractivity contribution in [3.8, 4) is 0 Å². The van der Waals surface area contributed by atoms with E-state index in [0.717, 1.165) is 30.7 Å². The number of thiophene rings is 1. The van der Waals surface area contributed by atoms with Gasteiger partial charge in [-0.05, 0) is 30.7 Å². The average Bonchev–Trinajstić information content (AvgIpc) is 3.27. The van der Waals surface area contributed by atoms with Gasteiger partial charge in [0.25, 0.3) is 0 Å². The van der Waals surface area contributed by atoms with E-state index in [1.165, 1.54) is 6.92 Å². The lowest BCUT2D eigenvalue weighted by Crippen LogP contribution is -2.50. The van der Waals surface area contributed by atoms with Gasteiger partial charge in [-0.15, -0.1) is 11.3 Å². The molecule has 24 heavy (non-hydrogen) atoms. The van der Waals surface area contributed by atoms with Crippen LogP contribution in [0.1, 0.15) is 43.5 Å². The van der Waals surface area contributed by atoms with Crippen molar-refractivity contribution < 1.29 is 19.1 Å². The maximum absolute atomic E-state index is 12.9. The van der Waals surface area contributed by atoms with Crippen LogP contribution >= 0.6 is 11.3 Å². The number of carbonyl (C=O) groups excluding carboxylic acids is 2. The third kappa shape index (κ3) is 4.15. The Morgan fingerprint density at radius 2 is 2.17 bits per heavy atom. The lowest BCUT2D eigenvalue weighted by molar-refractivity contribution is -0.151. The Balaban J connectivity index is 1.69. The largest absolute Gasteiger partial charge is 0.348 e. The van der Waals surface area contributed by atoms with E-state index in [-0.39, 0.29) is 36.6 Å². The van der Waals surface area contributed by atoms with Crippen LogP contribution in [0.3, 0.4) is 0 Å². The van der Waals surface area contributed by atoms with Crippen molar-refractivity contribution >= 4 is 23.2 Å². The molecule has 0 aromatic carbocycles. The molecule has 2 fully saturated rings.